The molecule has 0 unspecified atom stereocenters. The van der Waals surface area contributed by atoms with Crippen LogP contribution in [0.1, 0.15) is 17.0 Å². The van der Waals surface area contributed by atoms with Gasteiger partial charge in [0.1, 0.15) is 5.75 Å². The Bertz CT molecular complexity index is 538. The summed E-state index contributed by atoms with van der Waals surface area (Å²) >= 11 is 0. The lowest BCUT2D eigenvalue weighted by Crippen LogP contribution is -2.02. The molecular formula is C15H18N2O. The summed E-state index contributed by atoms with van der Waals surface area (Å²) in [5.74, 6) is 0.911. The van der Waals surface area contributed by atoms with Gasteiger partial charge >= 0.3 is 0 Å². The average molecular weight is 242 g/mol. The van der Waals surface area contributed by atoms with E-state index < -0.39 is 0 Å². The molecule has 1 N–H and O–H groups in total. The highest BCUT2D eigenvalue weighted by atomic mass is 16.5. The lowest BCUT2D eigenvalue weighted by Gasteiger charge is -2.09. The predicted octanol–water partition coefficient (Wildman–Crippen LogP) is 3.32. The van der Waals surface area contributed by atoms with Gasteiger partial charge in [-0.25, -0.2) is 0 Å². The first kappa shape index (κ1) is 12.4. The minimum absolute atomic E-state index is 0.730. The number of pyridine rings is 1. The van der Waals surface area contributed by atoms with Crippen molar-refractivity contribution in [1.29, 1.82) is 0 Å². The van der Waals surface area contributed by atoms with Crippen molar-refractivity contribution in [2.24, 2.45) is 0 Å². The highest BCUT2D eigenvalue weighted by molar-refractivity contribution is 5.50. The molecule has 0 aliphatic rings. The van der Waals surface area contributed by atoms with E-state index in [-0.39, 0.29) is 0 Å². The Hall–Kier alpha value is -2.03. The van der Waals surface area contributed by atoms with Gasteiger partial charge in [0.2, 0.25) is 0 Å². The van der Waals surface area contributed by atoms with Crippen molar-refractivity contribution in [3.63, 3.8) is 0 Å². The molecule has 3 nitrogen and oxygen atoms in total. The molecule has 0 aliphatic heterocycles. The molecule has 0 atom stereocenters. The maximum Gasteiger partial charge on any atom is 0.121 e. The second kappa shape index (κ2) is 5.54. The minimum atomic E-state index is 0.730. The van der Waals surface area contributed by atoms with Crippen LogP contribution in [0.4, 0.5) is 5.69 Å². The Morgan fingerprint density at radius 3 is 2.67 bits per heavy atom. The van der Waals surface area contributed by atoms with Gasteiger partial charge in [0.05, 0.1) is 19.3 Å². The number of aromatic nitrogens is 1. The molecule has 0 spiro atoms. The molecule has 94 valence electrons. The van der Waals surface area contributed by atoms with Crippen molar-refractivity contribution in [1.82, 2.24) is 4.98 Å². The van der Waals surface area contributed by atoms with Crippen molar-refractivity contribution in [3.05, 3.63) is 53.3 Å². The average Bonchev–Trinajstić information content (AvgIpc) is 2.37. The normalized spacial score (nSPS) is 10.2. The molecule has 0 saturated carbocycles. The SMILES string of the molecule is COc1ccc(NCc2cccc(C)n2)cc1C. The summed E-state index contributed by atoms with van der Waals surface area (Å²) in [6.07, 6.45) is 0. The molecule has 2 aromatic rings. The third kappa shape index (κ3) is 3.00. The van der Waals surface area contributed by atoms with E-state index in [1.54, 1.807) is 7.11 Å². The second-order valence-electron chi connectivity index (χ2n) is 4.31. The quantitative estimate of drug-likeness (QED) is 0.893. The topological polar surface area (TPSA) is 34.1 Å². The first-order chi connectivity index (χ1) is 8.69. The summed E-state index contributed by atoms with van der Waals surface area (Å²) < 4.78 is 5.24. The monoisotopic (exact) mass is 242 g/mol. The van der Waals surface area contributed by atoms with Gasteiger partial charge in [-0.2, -0.15) is 0 Å². The number of hydrogen-bond acceptors (Lipinski definition) is 3. The molecule has 2 rings (SSSR count). The number of nitrogens with one attached hydrogen (secondary N) is 1. The van der Waals surface area contributed by atoms with Gasteiger partial charge in [-0.1, -0.05) is 6.07 Å². The molecule has 0 radical (unpaired) electrons. The Morgan fingerprint density at radius 2 is 2.00 bits per heavy atom. The zero-order valence-electron chi connectivity index (χ0n) is 11.0. The van der Waals surface area contributed by atoms with Crippen molar-refractivity contribution in [2.75, 3.05) is 12.4 Å². The van der Waals surface area contributed by atoms with Crippen LogP contribution >= 0.6 is 0 Å². The fraction of sp³-hybridized carbons (Fsp3) is 0.267. The van der Waals surface area contributed by atoms with Crippen LogP contribution in [0.15, 0.2) is 36.4 Å². The molecule has 0 bridgehead atoms. The fourth-order valence-corrected chi connectivity index (χ4v) is 1.88. The van der Waals surface area contributed by atoms with Crippen LogP contribution in [0.25, 0.3) is 0 Å². The van der Waals surface area contributed by atoms with Crippen LogP contribution in [-0.4, -0.2) is 12.1 Å². The number of benzene rings is 1. The first-order valence-electron chi connectivity index (χ1n) is 6.00. The Balaban J connectivity index is 2.04. The minimum Gasteiger partial charge on any atom is -0.496 e. The third-order valence-corrected chi connectivity index (χ3v) is 2.81. The largest absolute Gasteiger partial charge is 0.496 e. The number of ether oxygens (including phenoxy) is 1. The van der Waals surface area contributed by atoms with Crippen LogP contribution in [0, 0.1) is 13.8 Å². The smallest absolute Gasteiger partial charge is 0.121 e. The maximum absolute atomic E-state index is 5.24. The van der Waals surface area contributed by atoms with Crippen LogP contribution in [0.2, 0.25) is 0 Å². The van der Waals surface area contributed by atoms with E-state index in [0.717, 1.165) is 34.9 Å². The number of aryl methyl sites for hydroxylation is 2. The standard InChI is InChI=1S/C15H18N2O/c1-11-9-13(7-8-15(11)18-3)16-10-14-6-4-5-12(2)17-14/h4-9,16H,10H2,1-3H3. The van der Waals surface area contributed by atoms with Gasteiger partial charge in [0.25, 0.3) is 0 Å². The molecule has 0 amide bonds. The Kier molecular flexibility index (Phi) is 3.82. The number of nitrogens with zero attached hydrogens (tertiary/aromatic N) is 1. The summed E-state index contributed by atoms with van der Waals surface area (Å²) in [5, 5.41) is 3.36. The van der Waals surface area contributed by atoms with Crippen molar-refractivity contribution >= 4 is 5.69 Å². The lowest BCUT2D eigenvalue weighted by molar-refractivity contribution is 0.412. The van der Waals surface area contributed by atoms with Gasteiger partial charge in [-0.3, -0.25) is 4.98 Å². The fourth-order valence-electron chi connectivity index (χ4n) is 1.88. The van der Waals surface area contributed by atoms with Gasteiger partial charge in [-0.15, -0.1) is 0 Å². The van der Waals surface area contributed by atoms with Crippen LogP contribution in [0.5, 0.6) is 5.75 Å². The zero-order chi connectivity index (χ0) is 13.0. The van der Waals surface area contributed by atoms with Gasteiger partial charge in [0, 0.05) is 11.4 Å². The molecule has 1 aromatic carbocycles. The van der Waals surface area contributed by atoms with E-state index in [0.29, 0.717) is 0 Å². The van der Waals surface area contributed by atoms with E-state index >= 15 is 0 Å². The second-order valence-corrected chi connectivity index (χ2v) is 4.31. The number of methoxy groups -OCH3 is 1. The van der Waals surface area contributed by atoms with Crippen LogP contribution in [-0.2, 0) is 6.54 Å². The number of hydrogen-bond donors (Lipinski definition) is 1. The third-order valence-electron chi connectivity index (χ3n) is 2.81. The van der Waals surface area contributed by atoms with Crippen molar-refractivity contribution in [2.45, 2.75) is 20.4 Å². The summed E-state index contributed by atoms with van der Waals surface area (Å²) in [6, 6.07) is 12.1. The number of rotatable bonds is 4. The van der Waals surface area contributed by atoms with E-state index in [4.69, 9.17) is 4.74 Å². The van der Waals surface area contributed by atoms with Crippen molar-refractivity contribution < 1.29 is 4.74 Å². The summed E-state index contributed by atoms with van der Waals surface area (Å²) in [6.45, 7) is 4.77. The lowest BCUT2D eigenvalue weighted by atomic mass is 10.2. The Labute approximate surface area is 108 Å². The molecule has 0 fully saturated rings. The molecule has 1 aromatic heterocycles. The molecule has 0 saturated heterocycles. The van der Waals surface area contributed by atoms with Crippen molar-refractivity contribution in [3.8, 4) is 5.75 Å². The highest BCUT2D eigenvalue weighted by Gasteiger charge is 2.00. The van der Waals surface area contributed by atoms with E-state index in [9.17, 15) is 0 Å². The van der Waals surface area contributed by atoms with Crippen LogP contribution < -0.4 is 10.1 Å². The van der Waals surface area contributed by atoms with E-state index in [2.05, 4.69) is 16.4 Å². The number of anilines is 1. The molecule has 1 heterocycles. The van der Waals surface area contributed by atoms with Gasteiger partial charge in [0.15, 0.2) is 0 Å². The van der Waals surface area contributed by atoms with E-state index in [1.807, 2.05) is 44.2 Å². The molecule has 18 heavy (non-hydrogen) atoms. The molecule has 3 heteroatoms. The summed E-state index contributed by atoms with van der Waals surface area (Å²) in [5.41, 5.74) is 4.29. The summed E-state index contributed by atoms with van der Waals surface area (Å²) in [4.78, 5) is 4.46. The molecule has 0 aliphatic carbocycles. The zero-order valence-corrected chi connectivity index (χ0v) is 11.0. The maximum atomic E-state index is 5.24. The first-order valence-corrected chi connectivity index (χ1v) is 6.00. The summed E-state index contributed by atoms with van der Waals surface area (Å²) in [7, 11) is 1.69. The van der Waals surface area contributed by atoms with E-state index in [1.165, 1.54) is 0 Å². The Morgan fingerprint density at radius 1 is 1.17 bits per heavy atom. The van der Waals surface area contributed by atoms with Gasteiger partial charge in [-0.05, 0) is 49.7 Å². The highest BCUT2D eigenvalue weighted by Crippen LogP contribution is 2.21. The van der Waals surface area contributed by atoms with Gasteiger partial charge < -0.3 is 10.1 Å². The molecular weight excluding hydrogens is 224 g/mol. The predicted molar refractivity (Wildman–Crippen MR) is 74.0 cm³/mol. The van der Waals surface area contributed by atoms with Crippen LogP contribution in [0.3, 0.4) is 0 Å².